The van der Waals surface area contributed by atoms with Crippen LogP contribution in [0.4, 0.5) is 4.79 Å². The number of aryl methyl sites for hydroxylation is 1. The van der Waals surface area contributed by atoms with Crippen LogP contribution in [0.2, 0.25) is 5.02 Å². The zero-order valence-electron chi connectivity index (χ0n) is 19.5. The number of hydrogen-bond acceptors (Lipinski definition) is 8. The summed E-state index contributed by atoms with van der Waals surface area (Å²) in [5, 5.41) is 1.23. The fourth-order valence-corrected chi connectivity index (χ4v) is 4.79. The highest BCUT2D eigenvalue weighted by Crippen LogP contribution is 2.39. The fraction of sp³-hybridized carbons (Fsp3) is 0.333. The Morgan fingerprint density at radius 3 is 2.62 bits per heavy atom. The normalized spacial score (nSPS) is 12.6. The summed E-state index contributed by atoms with van der Waals surface area (Å²) in [5.41, 5.74) is 8.90. The second-order valence-corrected chi connectivity index (χ2v) is 10.4. The van der Waals surface area contributed by atoms with Crippen molar-refractivity contribution in [3.05, 3.63) is 41.0 Å². The molecule has 0 saturated carbocycles. The largest absolute Gasteiger partial charge is 0.490 e. The van der Waals surface area contributed by atoms with Crippen molar-refractivity contribution in [1.29, 1.82) is 0 Å². The average Bonchev–Trinajstić information content (AvgIpc) is 3.19. The van der Waals surface area contributed by atoms with Gasteiger partial charge in [-0.3, -0.25) is 0 Å². The Morgan fingerprint density at radius 2 is 1.94 bits per heavy atom. The van der Waals surface area contributed by atoms with Crippen molar-refractivity contribution in [2.75, 3.05) is 13.7 Å². The molecule has 0 saturated heterocycles. The molecule has 0 bridgehead atoms. The number of ether oxygens (including phenoxy) is 3. The van der Waals surface area contributed by atoms with Gasteiger partial charge >= 0.3 is 6.09 Å². The molecule has 0 fully saturated rings. The van der Waals surface area contributed by atoms with Crippen molar-refractivity contribution >= 4 is 50.3 Å². The van der Waals surface area contributed by atoms with Gasteiger partial charge in [0.2, 0.25) is 5.88 Å². The van der Waals surface area contributed by atoms with Crippen LogP contribution < -0.4 is 15.2 Å². The number of methoxy groups -OCH3 is 1. The van der Waals surface area contributed by atoms with Crippen LogP contribution in [-0.4, -0.2) is 40.9 Å². The number of aromatic nitrogens is 3. The maximum absolute atomic E-state index is 11.3. The molecule has 2 N–H and O–H groups in total. The lowest BCUT2D eigenvalue weighted by Gasteiger charge is -2.29. The van der Waals surface area contributed by atoms with Gasteiger partial charge in [-0.25, -0.2) is 19.7 Å². The Hall–Kier alpha value is -3.17. The van der Waals surface area contributed by atoms with Crippen molar-refractivity contribution in [3.8, 4) is 22.2 Å². The molecule has 2 aromatic carbocycles. The van der Waals surface area contributed by atoms with E-state index in [1.165, 1.54) is 11.3 Å². The van der Waals surface area contributed by atoms with Crippen LogP contribution in [0.3, 0.4) is 0 Å². The summed E-state index contributed by atoms with van der Waals surface area (Å²) in [6.07, 6.45) is 0.230. The molecular formula is C24H25ClN4O4S. The van der Waals surface area contributed by atoms with Gasteiger partial charge in [0.15, 0.2) is 0 Å². The number of thiazole rings is 1. The van der Waals surface area contributed by atoms with Gasteiger partial charge in [0.05, 0.1) is 34.1 Å². The Balaban J connectivity index is 1.69. The number of halogens is 1. The van der Waals surface area contributed by atoms with Crippen LogP contribution in [0.1, 0.15) is 26.3 Å². The molecule has 178 valence electrons. The summed E-state index contributed by atoms with van der Waals surface area (Å²) in [6, 6.07) is 7.57. The van der Waals surface area contributed by atoms with Gasteiger partial charge in [-0.05, 0) is 30.7 Å². The van der Waals surface area contributed by atoms with Crippen molar-refractivity contribution in [2.24, 2.45) is 11.1 Å². The number of amides is 1. The standard InChI is InChI=1S/C24H25ClN4O4S/c1-12-6-14(20-16(7-12)28-19(31-5)10-27-20)22-29-21-15(25)8-13(9-17(21)34-22)32-11-18(24(2,3)4)33-23(26)30/h6-10,18H,11H2,1-5H3,(H2,26,30). The third-order valence-electron chi connectivity index (χ3n) is 5.26. The van der Waals surface area contributed by atoms with Crippen LogP contribution in [0, 0.1) is 12.3 Å². The average molecular weight is 501 g/mol. The van der Waals surface area contributed by atoms with E-state index in [1.807, 2.05) is 45.9 Å². The molecule has 4 rings (SSSR count). The molecule has 1 amide bonds. The first-order chi connectivity index (χ1) is 16.0. The number of hydrogen-bond donors (Lipinski definition) is 1. The lowest BCUT2D eigenvalue weighted by molar-refractivity contribution is 0.00583. The third-order valence-corrected chi connectivity index (χ3v) is 6.58. The quantitative estimate of drug-likeness (QED) is 0.358. The Morgan fingerprint density at radius 1 is 1.18 bits per heavy atom. The zero-order chi connectivity index (χ0) is 24.6. The van der Waals surface area contributed by atoms with E-state index < -0.39 is 12.2 Å². The lowest BCUT2D eigenvalue weighted by atomic mass is 9.89. The molecule has 2 heterocycles. The number of rotatable bonds is 6. The highest BCUT2D eigenvalue weighted by Gasteiger charge is 2.29. The first-order valence-corrected chi connectivity index (χ1v) is 11.8. The third kappa shape index (κ3) is 5.00. The van der Waals surface area contributed by atoms with E-state index in [-0.39, 0.29) is 12.0 Å². The van der Waals surface area contributed by atoms with Crippen LogP contribution >= 0.6 is 22.9 Å². The molecule has 0 spiro atoms. The van der Waals surface area contributed by atoms with E-state index in [0.717, 1.165) is 31.9 Å². The second kappa shape index (κ2) is 9.23. The highest BCUT2D eigenvalue weighted by molar-refractivity contribution is 7.21. The SMILES string of the molecule is COc1cnc2c(-c3nc4c(Cl)cc(OCC(OC(N)=O)C(C)(C)C)cc4s3)cc(C)cc2n1. The summed E-state index contributed by atoms with van der Waals surface area (Å²) in [5.74, 6) is 1.00. The van der Waals surface area contributed by atoms with E-state index in [2.05, 4.69) is 9.97 Å². The number of benzene rings is 2. The van der Waals surface area contributed by atoms with Gasteiger partial charge in [-0.15, -0.1) is 11.3 Å². The molecule has 0 aliphatic rings. The monoisotopic (exact) mass is 500 g/mol. The summed E-state index contributed by atoms with van der Waals surface area (Å²) in [6.45, 7) is 7.97. The Kier molecular flexibility index (Phi) is 6.51. The molecule has 0 radical (unpaired) electrons. The van der Waals surface area contributed by atoms with Gasteiger partial charge in [-0.2, -0.15) is 0 Å². The number of carbonyl (C=O) groups excluding carboxylic acids is 1. The van der Waals surface area contributed by atoms with Crippen molar-refractivity contribution in [1.82, 2.24) is 15.0 Å². The second-order valence-electron chi connectivity index (χ2n) is 8.97. The van der Waals surface area contributed by atoms with Crippen LogP contribution in [-0.2, 0) is 4.74 Å². The smallest absolute Gasteiger partial charge is 0.404 e. The van der Waals surface area contributed by atoms with E-state index in [4.69, 9.17) is 36.5 Å². The van der Waals surface area contributed by atoms with Gasteiger partial charge in [0.1, 0.15) is 29.0 Å². The molecule has 0 aliphatic carbocycles. The van der Waals surface area contributed by atoms with Gasteiger partial charge in [0, 0.05) is 17.0 Å². The van der Waals surface area contributed by atoms with Crippen LogP contribution in [0.5, 0.6) is 11.6 Å². The number of nitrogens with zero attached hydrogens (tertiary/aromatic N) is 3. The molecule has 10 heteroatoms. The van der Waals surface area contributed by atoms with E-state index >= 15 is 0 Å². The highest BCUT2D eigenvalue weighted by atomic mass is 35.5. The summed E-state index contributed by atoms with van der Waals surface area (Å²) in [7, 11) is 1.56. The van der Waals surface area contributed by atoms with Gasteiger partial charge < -0.3 is 19.9 Å². The summed E-state index contributed by atoms with van der Waals surface area (Å²) in [4.78, 5) is 25.1. The number of primary amides is 1. The minimum atomic E-state index is -0.838. The van der Waals surface area contributed by atoms with Gasteiger partial charge in [0.25, 0.3) is 0 Å². The number of nitrogens with two attached hydrogens (primary N) is 1. The lowest BCUT2D eigenvalue weighted by Crippen LogP contribution is -2.38. The minimum absolute atomic E-state index is 0.139. The fourth-order valence-electron chi connectivity index (χ4n) is 3.45. The molecule has 34 heavy (non-hydrogen) atoms. The maximum Gasteiger partial charge on any atom is 0.404 e. The van der Waals surface area contributed by atoms with Crippen molar-refractivity contribution in [3.63, 3.8) is 0 Å². The summed E-state index contributed by atoms with van der Waals surface area (Å²) < 4.78 is 17.2. The first kappa shape index (κ1) is 24.0. The van der Waals surface area contributed by atoms with Crippen molar-refractivity contribution < 1.29 is 19.0 Å². The summed E-state index contributed by atoms with van der Waals surface area (Å²) >= 11 is 8.04. The first-order valence-electron chi connectivity index (χ1n) is 10.6. The number of fused-ring (bicyclic) bond motifs is 2. The molecule has 1 atom stereocenters. The molecule has 2 aromatic heterocycles. The molecule has 4 aromatic rings. The molecular weight excluding hydrogens is 476 g/mol. The zero-order valence-corrected chi connectivity index (χ0v) is 21.1. The van der Waals surface area contributed by atoms with Crippen LogP contribution in [0.25, 0.3) is 31.8 Å². The van der Waals surface area contributed by atoms with Crippen molar-refractivity contribution in [2.45, 2.75) is 33.8 Å². The minimum Gasteiger partial charge on any atom is -0.490 e. The van der Waals surface area contributed by atoms with E-state index in [0.29, 0.717) is 22.2 Å². The van der Waals surface area contributed by atoms with Crippen LogP contribution in [0.15, 0.2) is 30.5 Å². The van der Waals surface area contributed by atoms with E-state index in [9.17, 15) is 4.79 Å². The Labute approximate surface area is 206 Å². The molecule has 0 aliphatic heterocycles. The molecule has 8 nitrogen and oxygen atoms in total. The predicted molar refractivity (Wildman–Crippen MR) is 134 cm³/mol. The Bertz CT molecular complexity index is 1380. The predicted octanol–water partition coefficient (Wildman–Crippen LogP) is 5.77. The van der Waals surface area contributed by atoms with Gasteiger partial charge in [-0.1, -0.05) is 32.4 Å². The maximum atomic E-state index is 11.3. The number of carbonyl (C=O) groups is 1. The molecule has 1 unspecified atom stereocenters. The van der Waals surface area contributed by atoms with E-state index in [1.54, 1.807) is 19.4 Å². The topological polar surface area (TPSA) is 109 Å².